The summed E-state index contributed by atoms with van der Waals surface area (Å²) in [5.41, 5.74) is 0.239. The SMILES string of the molecule is CCOC(=O)c1c(Cl)ncnc1SC. The summed E-state index contributed by atoms with van der Waals surface area (Å²) < 4.78 is 4.83. The number of hydrogen-bond donors (Lipinski definition) is 0. The van der Waals surface area contributed by atoms with Gasteiger partial charge in [-0.1, -0.05) is 11.6 Å². The summed E-state index contributed by atoms with van der Waals surface area (Å²) in [6, 6.07) is 0. The van der Waals surface area contributed by atoms with E-state index < -0.39 is 5.97 Å². The molecule has 0 saturated carbocycles. The Labute approximate surface area is 91.0 Å². The first-order valence-electron chi connectivity index (χ1n) is 3.92. The van der Waals surface area contributed by atoms with Gasteiger partial charge >= 0.3 is 5.97 Å². The lowest BCUT2D eigenvalue weighted by molar-refractivity contribution is 0.0521. The van der Waals surface area contributed by atoms with E-state index in [2.05, 4.69) is 9.97 Å². The lowest BCUT2D eigenvalue weighted by Gasteiger charge is -2.05. The van der Waals surface area contributed by atoms with Crippen LogP contribution in [0, 0.1) is 0 Å². The average molecular weight is 233 g/mol. The van der Waals surface area contributed by atoms with Crippen LogP contribution >= 0.6 is 23.4 Å². The summed E-state index contributed by atoms with van der Waals surface area (Å²) in [5.74, 6) is -0.484. The van der Waals surface area contributed by atoms with Crippen LogP contribution in [-0.2, 0) is 4.74 Å². The molecule has 14 heavy (non-hydrogen) atoms. The van der Waals surface area contributed by atoms with Crippen LogP contribution < -0.4 is 0 Å². The van der Waals surface area contributed by atoms with Gasteiger partial charge < -0.3 is 4.74 Å². The smallest absolute Gasteiger partial charge is 0.344 e. The van der Waals surface area contributed by atoms with Gasteiger partial charge in [-0.05, 0) is 13.2 Å². The fraction of sp³-hybridized carbons (Fsp3) is 0.375. The number of rotatable bonds is 3. The van der Waals surface area contributed by atoms with Gasteiger partial charge in [0.1, 0.15) is 22.1 Å². The number of halogens is 1. The molecule has 0 spiro atoms. The summed E-state index contributed by atoms with van der Waals surface area (Å²) in [7, 11) is 0. The lowest BCUT2D eigenvalue weighted by atomic mass is 10.3. The zero-order valence-corrected chi connectivity index (χ0v) is 9.35. The van der Waals surface area contributed by atoms with Crippen molar-refractivity contribution >= 4 is 29.3 Å². The van der Waals surface area contributed by atoms with Crippen LogP contribution in [0.15, 0.2) is 11.4 Å². The Hall–Kier alpha value is -0.810. The molecule has 0 aliphatic heterocycles. The van der Waals surface area contributed by atoms with E-state index in [1.165, 1.54) is 18.1 Å². The van der Waals surface area contributed by atoms with Crippen molar-refractivity contribution in [2.75, 3.05) is 12.9 Å². The Balaban J connectivity index is 3.10. The first-order chi connectivity index (χ1) is 6.70. The van der Waals surface area contributed by atoms with E-state index in [1.807, 2.05) is 0 Å². The van der Waals surface area contributed by atoms with E-state index in [4.69, 9.17) is 16.3 Å². The van der Waals surface area contributed by atoms with E-state index in [9.17, 15) is 4.79 Å². The normalized spacial score (nSPS) is 9.93. The molecule has 0 saturated heterocycles. The Kier molecular flexibility index (Phi) is 4.16. The maximum absolute atomic E-state index is 11.4. The van der Waals surface area contributed by atoms with Crippen molar-refractivity contribution in [2.24, 2.45) is 0 Å². The number of carbonyl (C=O) groups is 1. The van der Waals surface area contributed by atoms with E-state index in [1.54, 1.807) is 13.2 Å². The number of esters is 1. The van der Waals surface area contributed by atoms with Gasteiger partial charge in [-0.2, -0.15) is 0 Å². The monoisotopic (exact) mass is 232 g/mol. The molecule has 0 bridgehead atoms. The fourth-order valence-corrected chi connectivity index (χ4v) is 1.68. The molecule has 0 aliphatic rings. The lowest BCUT2D eigenvalue weighted by Crippen LogP contribution is -2.09. The van der Waals surface area contributed by atoms with E-state index in [-0.39, 0.29) is 10.7 Å². The highest BCUT2D eigenvalue weighted by Gasteiger charge is 2.18. The molecule has 1 aromatic heterocycles. The number of ether oxygens (including phenoxy) is 1. The molecule has 0 N–H and O–H groups in total. The standard InChI is InChI=1S/C8H9ClN2O2S/c1-3-13-8(12)5-6(9)10-4-11-7(5)14-2/h4H,3H2,1-2H3. The topological polar surface area (TPSA) is 52.1 Å². The minimum absolute atomic E-state index is 0.128. The summed E-state index contributed by atoms with van der Waals surface area (Å²) in [6.45, 7) is 2.03. The van der Waals surface area contributed by atoms with Crippen molar-refractivity contribution in [3.8, 4) is 0 Å². The quantitative estimate of drug-likeness (QED) is 0.454. The van der Waals surface area contributed by atoms with Crippen molar-refractivity contribution in [3.63, 3.8) is 0 Å². The van der Waals surface area contributed by atoms with Gasteiger partial charge in [0.15, 0.2) is 0 Å². The van der Waals surface area contributed by atoms with Crippen LogP contribution in [0.25, 0.3) is 0 Å². The highest BCUT2D eigenvalue weighted by atomic mass is 35.5. The van der Waals surface area contributed by atoms with Gasteiger partial charge in [0.05, 0.1) is 6.61 Å². The second-order valence-electron chi connectivity index (χ2n) is 2.27. The maximum Gasteiger partial charge on any atom is 0.344 e. The number of thioether (sulfide) groups is 1. The van der Waals surface area contributed by atoms with Gasteiger partial charge in [-0.15, -0.1) is 11.8 Å². The molecule has 4 nitrogen and oxygen atoms in total. The first kappa shape index (κ1) is 11.3. The molecule has 0 aliphatic carbocycles. The highest BCUT2D eigenvalue weighted by molar-refractivity contribution is 7.98. The average Bonchev–Trinajstić information content (AvgIpc) is 2.17. The Morgan fingerprint density at radius 3 is 2.93 bits per heavy atom. The van der Waals surface area contributed by atoms with Crippen LogP contribution in [0.1, 0.15) is 17.3 Å². The van der Waals surface area contributed by atoms with Crippen molar-refractivity contribution < 1.29 is 9.53 Å². The molecule has 0 fully saturated rings. The van der Waals surface area contributed by atoms with Crippen LogP contribution in [0.4, 0.5) is 0 Å². The summed E-state index contributed by atoms with van der Waals surface area (Å²) in [6.07, 6.45) is 3.12. The van der Waals surface area contributed by atoms with Crippen molar-refractivity contribution in [2.45, 2.75) is 11.9 Å². The third-order valence-electron chi connectivity index (χ3n) is 1.44. The zero-order valence-electron chi connectivity index (χ0n) is 7.78. The van der Waals surface area contributed by atoms with E-state index in [0.29, 0.717) is 11.6 Å². The maximum atomic E-state index is 11.4. The molecule has 1 heterocycles. The van der Waals surface area contributed by atoms with Gasteiger partial charge in [0.25, 0.3) is 0 Å². The summed E-state index contributed by atoms with van der Waals surface area (Å²) in [4.78, 5) is 19.1. The second kappa shape index (κ2) is 5.17. The molecule has 1 aromatic rings. The van der Waals surface area contributed by atoms with Crippen molar-refractivity contribution in [1.82, 2.24) is 9.97 Å². The highest BCUT2D eigenvalue weighted by Crippen LogP contribution is 2.23. The predicted molar refractivity (Wildman–Crippen MR) is 54.8 cm³/mol. The van der Waals surface area contributed by atoms with Gasteiger partial charge in [0.2, 0.25) is 0 Å². The molecule has 0 aromatic carbocycles. The molecule has 0 atom stereocenters. The van der Waals surface area contributed by atoms with Crippen molar-refractivity contribution in [3.05, 3.63) is 17.0 Å². The Bertz CT molecular complexity index is 346. The van der Waals surface area contributed by atoms with Crippen molar-refractivity contribution in [1.29, 1.82) is 0 Å². The van der Waals surface area contributed by atoms with Crippen LogP contribution in [0.5, 0.6) is 0 Å². The molecule has 1 rings (SSSR count). The summed E-state index contributed by atoms with van der Waals surface area (Å²) in [5, 5.41) is 0.659. The zero-order chi connectivity index (χ0) is 10.6. The van der Waals surface area contributed by atoms with Crippen LogP contribution in [-0.4, -0.2) is 28.8 Å². The van der Waals surface area contributed by atoms with Gasteiger partial charge in [-0.25, -0.2) is 14.8 Å². The van der Waals surface area contributed by atoms with Crippen LogP contribution in [0.3, 0.4) is 0 Å². The third kappa shape index (κ3) is 2.36. The number of hydrogen-bond acceptors (Lipinski definition) is 5. The number of aromatic nitrogens is 2. The molecular weight excluding hydrogens is 224 g/mol. The van der Waals surface area contributed by atoms with E-state index in [0.717, 1.165) is 0 Å². The first-order valence-corrected chi connectivity index (χ1v) is 5.52. The summed E-state index contributed by atoms with van der Waals surface area (Å²) >= 11 is 7.10. The van der Waals surface area contributed by atoms with Crippen LogP contribution in [0.2, 0.25) is 5.15 Å². The molecule has 6 heteroatoms. The minimum Gasteiger partial charge on any atom is -0.462 e. The number of nitrogens with zero attached hydrogens (tertiary/aromatic N) is 2. The molecular formula is C8H9ClN2O2S. The van der Waals surface area contributed by atoms with Gasteiger partial charge in [-0.3, -0.25) is 0 Å². The van der Waals surface area contributed by atoms with Gasteiger partial charge in [0, 0.05) is 0 Å². The Morgan fingerprint density at radius 2 is 2.36 bits per heavy atom. The molecule has 0 unspecified atom stereocenters. The largest absolute Gasteiger partial charge is 0.462 e. The molecule has 0 amide bonds. The molecule has 0 radical (unpaired) electrons. The predicted octanol–water partition coefficient (Wildman–Crippen LogP) is 2.03. The number of carbonyl (C=O) groups excluding carboxylic acids is 1. The molecule has 76 valence electrons. The second-order valence-corrected chi connectivity index (χ2v) is 3.42. The fourth-order valence-electron chi connectivity index (χ4n) is 0.879. The Morgan fingerprint density at radius 1 is 1.64 bits per heavy atom. The minimum atomic E-state index is -0.484. The third-order valence-corrected chi connectivity index (χ3v) is 2.42. The van der Waals surface area contributed by atoms with E-state index >= 15 is 0 Å².